The summed E-state index contributed by atoms with van der Waals surface area (Å²) in [6, 6.07) is 7.79. The summed E-state index contributed by atoms with van der Waals surface area (Å²) >= 11 is 0. The predicted octanol–water partition coefficient (Wildman–Crippen LogP) is 1.99. The molecule has 1 amide bonds. The van der Waals surface area contributed by atoms with Crippen molar-refractivity contribution in [2.45, 2.75) is 0 Å². The quantitative estimate of drug-likeness (QED) is 0.834. The van der Waals surface area contributed by atoms with Crippen molar-refractivity contribution in [2.75, 3.05) is 0 Å². The molecule has 0 fully saturated rings. The van der Waals surface area contributed by atoms with Crippen LogP contribution in [0.2, 0.25) is 0 Å². The number of halogens is 1. The smallest absolute Gasteiger partial charge is 0.252 e. The molecule has 0 bridgehead atoms. The summed E-state index contributed by atoms with van der Waals surface area (Å²) in [4.78, 5) is 15.0. The lowest BCUT2D eigenvalue weighted by atomic mass is 10.00. The van der Waals surface area contributed by atoms with Gasteiger partial charge in [0.2, 0.25) is 0 Å². The largest absolute Gasteiger partial charge is 0.365 e. The van der Waals surface area contributed by atoms with Crippen LogP contribution < -0.4 is 5.73 Å². The van der Waals surface area contributed by atoms with Gasteiger partial charge in [-0.05, 0) is 29.3 Å². The second kappa shape index (κ2) is 4.10. The fourth-order valence-electron chi connectivity index (χ4n) is 1.55. The van der Waals surface area contributed by atoms with E-state index >= 15 is 0 Å². The van der Waals surface area contributed by atoms with E-state index in [9.17, 15) is 9.18 Å². The number of primary amides is 1. The fraction of sp³-hybridized carbons (Fsp3) is 0. The molecule has 80 valence electrons. The molecular weight excluding hydrogens is 207 g/mol. The molecule has 1 heterocycles. The molecule has 0 spiro atoms. The number of benzene rings is 1. The van der Waals surface area contributed by atoms with Crippen molar-refractivity contribution in [3.05, 3.63) is 54.1 Å². The first kappa shape index (κ1) is 10.3. The molecule has 0 unspecified atom stereocenters. The Hall–Kier alpha value is -2.23. The molecule has 0 atom stereocenters. The third kappa shape index (κ3) is 1.77. The van der Waals surface area contributed by atoms with Crippen LogP contribution in [-0.4, -0.2) is 10.9 Å². The summed E-state index contributed by atoms with van der Waals surface area (Å²) in [5.74, 6) is -1.38. The molecule has 0 radical (unpaired) electrons. The molecule has 2 N–H and O–H groups in total. The first-order valence-corrected chi connectivity index (χ1v) is 4.69. The second-order valence-corrected chi connectivity index (χ2v) is 3.26. The molecule has 0 aliphatic rings. The number of amides is 1. The lowest BCUT2D eigenvalue weighted by Crippen LogP contribution is -2.14. The van der Waals surface area contributed by atoms with Crippen LogP contribution >= 0.6 is 0 Å². The van der Waals surface area contributed by atoms with Gasteiger partial charge in [0.1, 0.15) is 5.82 Å². The van der Waals surface area contributed by atoms with E-state index in [0.717, 1.165) is 0 Å². The summed E-state index contributed by atoms with van der Waals surface area (Å²) in [5, 5.41) is 0. The predicted molar refractivity (Wildman–Crippen MR) is 58.1 cm³/mol. The van der Waals surface area contributed by atoms with Crippen LogP contribution in [0.3, 0.4) is 0 Å². The number of nitrogens with zero attached hydrogens (tertiary/aromatic N) is 1. The number of hydrogen-bond donors (Lipinski definition) is 1. The standard InChI is InChI=1S/C12H9FN2O/c13-10-3-1-2-9(11(10)12(14)16)8-4-6-15-7-5-8/h1-7H,(H2,14,16). The van der Waals surface area contributed by atoms with Crippen LogP contribution in [0, 0.1) is 5.82 Å². The number of rotatable bonds is 2. The summed E-state index contributed by atoms with van der Waals surface area (Å²) in [6.07, 6.45) is 3.15. The Labute approximate surface area is 91.7 Å². The van der Waals surface area contributed by atoms with Gasteiger partial charge in [-0.3, -0.25) is 9.78 Å². The van der Waals surface area contributed by atoms with Crippen molar-refractivity contribution < 1.29 is 9.18 Å². The average Bonchev–Trinajstić information content (AvgIpc) is 2.29. The second-order valence-electron chi connectivity index (χ2n) is 3.26. The van der Waals surface area contributed by atoms with E-state index in [1.807, 2.05) is 0 Å². The van der Waals surface area contributed by atoms with Crippen molar-refractivity contribution in [1.82, 2.24) is 4.98 Å². The zero-order valence-corrected chi connectivity index (χ0v) is 8.35. The Bertz CT molecular complexity index is 526. The Morgan fingerprint density at radius 1 is 1.19 bits per heavy atom. The van der Waals surface area contributed by atoms with Crippen LogP contribution in [0.5, 0.6) is 0 Å². The van der Waals surface area contributed by atoms with E-state index in [2.05, 4.69) is 4.98 Å². The average molecular weight is 216 g/mol. The van der Waals surface area contributed by atoms with Crippen LogP contribution in [0.15, 0.2) is 42.7 Å². The maximum Gasteiger partial charge on any atom is 0.252 e. The molecule has 2 aromatic rings. The molecule has 3 nitrogen and oxygen atoms in total. The maximum absolute atomic E-state index is 13.5. The van der Waals surface area contributed by atoms with Crippen molar-refractivity contribution >= 4 is 5.91 Å². The number of pyridine rings is 1. The van der Waals surface area contributed by atoms with Gasteiger partial charge in [-0.25, -0.2) is 4.39 Å². The van der Waals surface area contributed by atoms with Gasteiger partial charge in [0, 0.05) is 12.4 Å². The highest BCUT2D eigenvalue weighted by molar-refractivity contribution is 6.00. The number of nitrogens with two attached hydrogens (primary N) is 1. The lowest BCUT2D eigenvalue weighted by molar-refractivity contribution is 0.0997. The van der Waals surface area contributed by atoms with Crippen LogP contribution in [0.4, 0.5) is 4.39 Å². The lowest BCUT2D eigenvalue weighted by Gasteiger charge is -2.07. The Balaban J connectivity index is 2.66. The van der Waals surface area contributed by atoms with Gasteiger partial charge in [0.25, 0.3) is 5.91 Å². The van der Waals surface area contributed by atoms with Gasteiger partial charge in [-0.1, -0.05) is 12.1 Å². The van der Waals surface area contributed by atoms with Gasteiger partial charge in [-0.15, -0.1) is 0 Å². The SMILES string of the molecule is NC(=O)c1c(F)cccc1-c1ccncc1. The summed E-state index contributed by atoms with van der Waals surface area (Å²) in [6.45, 7) is 0. The molecule has 1 aromatic carbocycles. The minimum Gasteiger partial charge on any atom is -0.365 e. The highest BCUT2D eigenvalue weighted by Crippen LogP contribution is 2.24. The van der Waals surface area contributed by atoms with Gasteiger partial charge in [0.15, 0.2) is 0 Å². The van der Waals surface area contributed by atoms with Crippen molar-refractivity contribution in [3.8, 4) is 11.1 Å². The number of carbonyl (C=O) groups is 1. The van der Waals surface area contributed by atoms with Crippen molar-refractivity contribution in [3.63, 3.8) is 0 Å². The molecule has 0 saturated carbocycles. The first-order valence-electron chi connectivity index (χ1n) is 4.69. The van der Waals surface area contributed by atoms with E-state index in [-0.39, 0.29) is 5.56 Å². The first-order chi connectivity index (χ1) is 7.70. The Morgan fingerprint density at radius 3 is 2.50 bits per heavy atom. The topological polar surface area (TPSA) is 56.0 Å². The molecule has 0 aliphatic heterocycles. The monoisotopic (exact) mass is 216 g/mol. The fourth-order valence-corrected chi connectivity index (χ4v) is 1.55. The third-order valence-corrected chi connectivity index (χ3v) is 2.25. The molecule has 2 rings (SSSR count). The van der Waals surface area contributed by atoms with Gasteiger partial charge in [0.05, 0.1) is 5.56 Å². The zero-order valence-electron chi connectivity index (χ0n) is 8.35. The summed E-state index contributed by atoms with van der Waals surface area (Å²) in [7, 11) is 0. The minimum absolute atomic E-state index is 0.0892. The van der Waals surface area contributed by atoms with E-state index < -0.39 is 11.7 Å². The maximum atomic E-state index is 13.5. The van der Waals surface area contributed by atoms with E-state index in [1.165, 1.54) is 12.1 Å². The molecule has 16 heavy (non-hydrogen) atoms. The number of carbonyl (C=O) groups excluding carboxylic acids is 1. The highest BCUT2D eigenvalue weighted by atomic mass is 19.1. The Morgan fingerprint density at radius 2 is 1.88 bits per heavy atom. The zero-order chi connectivity index (χ0) is 11.5. The molecular formula is C12H9FN2O. The normalized spacial score (nSPS) is 10.1. The summed E-state index contributed by atoms with van der Waals surface area (Å²) in [5.41, 5.74) is 6.26. The van der Waals surface area contributed by atoms with Crippen molar-refractivity contribution in [2.24, 2.45) is 5.73 Å². The van der Waals surface area contributed by atoms with E-state index in [4.69, 9.17) is 5.73 Å². The van der Waals surface area contributed by atoms with E-state index in [1.54, 1.807) is 30.6 Å². The molecule has 1 aromatic heterocycles. The van der Waals surface area contributed by atoms with Crippen molar-refractivity contribution in [1.29, 1.82) is 0 Å². The molecule has 0 saturated heterocycles. The van der Waals surface area contributed by atoms with Crippen LogP contribution in [0.1, 0.15) is 10.4 Å². The van der Waals surface area contributed by atoms with Crippen LogP contribution in [0.25, 0.3) is 11.1 Å². The van der Waals surface area contributed by atoms with Crippen LogP contribution in [-0.2, 0) is 0 Å². The molecule has 4 heteroatoms. The molecule has 0 aliphatic carbocycles. The van der Waals surface area contributed by atoms with Gasteiger partial charge in [-0.2, -0.15) is 0 Å². The number of aromatic nitrogens is 1. The number of hydrogen-bond acceptors (Lipinski definition) is 2. The summed E-state index contributed by atoms with van der Waals surface area (Å²) < 4.78 is 13.5. The van der Waals surface area contributed by atoms with Gasteiger partial charge < -0.3 is 5.73 Å². The van der Waals surface area contributed by atoms with E-state index in [0.29, 0.717) is 11.1 Å². The minimum atomic E-state index is -0.773. The van der Waals surface area contributed by atoms with Gasteiger partial charge >= 0.3 is 0 Å². The third-order valence-electron chi connectivity index (χ3n) is 2.25. The highest BCUT2D eigenvalue weighted by Gasteiger charge is 2.14. The Kier molecular flexibility index (Phi) is 2.64.